The van der Waals surface area contributed by atoms with Crippen LogP contribution in [-0.4, -0.2) is 9.13 Å². The Kier molecular flexibility index (Phi) is 2.86. The minimum absolute atomic E-state index is 0.0123. The summed E-state index contributed by atoms with van der Waals surface area (Å²) in [5.41, 5.74) is 2.19. The second-order valence-electron chi connectivity index (χ2n) is 8.19. The molecule has 0 aliphatic carbocycles. The third-order valence-electron chi connectivity index (χ3n) is 6.38. The first-order chi connectivity index (χ1) is 21.0. The van der Waals surface area contributed by atoms with Crippen LogP contribution in [0.15, 0.2) is 109 Å². The molecule has 7 rings (SSSR count). The van der Waals surface area contributed by atoms with E-state index in [1.54, 1.807) is 15.2 Å². The molecule has 0 saturated heterocycles. The summed E-state index contributed by atoms with van der Waals surface area (Å²) in [7, 11) is 0. The van der Waals surface area contributed by atoms with Gasteiger partial charge in [0, 0.05) is 21.5 Å². The van der Waals surface area contributed by atoms with Gasteiger partial charge in [-0.2, -0.15) is 5.26 Å². The fraction of sp³-hybridized carbons (Fsp3) is 0. The normalized spacial score (nSPS) is 14.4. The fourth-order valence-electron chi connectivity index (χ4n) is 4.92. The van der Waals surface area contributed by atoms with E-state index in [2.05, 4.69) is 10.9 Å². The Labute approximate surface area is 218 Å². The first-order valence-corrected chi connectivity index (χ1v) is 11.0. The molecule has 0 aliphatic rings. The van der Waals surface area contributed by atoms with E-state index in [9.17, 15) is 5.26 Å². The van der Waals surface area contributed by atoms with Gasteiger partial charge in [-0.25, -0.2) is 4.85 Å². The van der Waals surface area contributed by atoms with Crippen LogP contribution in [0, 0.1) is 17.9 Å². The molecule has 0 aliphatic heterocycles. The molecule has 0 N–H and O–H groups in total. The Morgan fingerprint density at radius 1 is 0.667 bits per heavy atom. The zero-order valence-electron chi connectivity index (χ0n) is 26.6. The highest BCUT2D eigenvalue weighted by atomic mass is 15.0. The Morgan fingerprint density at radius 2 is 1.08 bits per heavy atom. The summed E-state index contributed by atoms with van der Waals surface area (Å²) in [6.45, 7) is 8.01. The number of fused-ring (bicyclic) bond motifs is 6. The predicted molar refractivity (Wildman–Crippen MR) is 146 cm³/mol. The zero-order chi connectivity index (χ0) is 31.2. The van der Waals surface area contributed by atoms with Crippen molar-refractivity contribution in [2.45, 2.75) is 0 Å². The van der Waals surface area contributed by atoms with Gasteiger partial charge in [0.25, 0.3) is 0 Å². The fourth-order valence-corrected chi connectivity index (χ4v) is 4.92. The summed E-state index contributed by atoms with van der Waals surface area (Å²) in [5.74, 6) is 0. The molecular weight excluding hydrogens is 440 g/mol. The van der Waals surface area contributed by atoms with E-state index in [1.807, 2.05) is 0 Å². The van der Waals surface area contributed by atoms with Gasteiger partial charge >= 0.3 is 0 Å². The number of aromatic nitrogens is 2. The summed E-state index contributed by atoms with van der Waals surface area (Å²) in [4.78, 5) is 3.70. The Balaban J connectivity index is 1.71. The van der Waals surface area contributed by atoms with Crippen LogP contribution in [0.5, 0.6) is 0 Å². The average Bonchev–Trinajstić information content (AvgIpc) is 3.45. The zero-order valence-corrected chi connectivity index (χ0v) is 18.6. The number of hydrogen-bond acceptors (Lipinski definition) is 1. The Bertz CT molecular complexity index is 2210. The lowest BCUT2D eigenvalue weighted by Gasteiger charge is -2.16. The Hall–Kier alpha value is -5.32. The molecule has 2 aromatic heterocycles. The molecule has 166 valence electrons. The molecule has 4 nitrogen and oxygen atoms in total. The van der Waals surface area contributed by atoms with Crippen molar-refractivity contribution in [2.24, 2.45) is 0 Å². The van der Waals surface area contributed by atoms with Crippen molar-refractivity contribution in [3.8, 4) is 17.4 Å². The predicted octanol–water partition coefficient (Wildman–Crippen LogP) is 8.30. The van der Waals surface area contributed by atoms with Gasteiger partial charge in [0.15, 0.2) is 0 Å². The monoisotopic (exact) mass is 466 g/mol. The van der Waals surface area contributed by atoms with E-state index in [4.69, 9.17) is 17.5 Å². The van der Waals surface area contributed by atoms with Gasteiger partial charge in [-0.15, -0.1) is 0 Å². The van der Waals surface area contributed by atoms with Crippen LogP contribution < -0.4 is 0 Å². The summed E-state index contributed by atoms with van der Waals surface area (Å²) < 4.78 is 71.2. The van der Waals surface area contributed by atoms with Gasteiger partial charge in [-0.3, -0.25) is 0 Å². The van der Waals surface area contributed by atoms with Crippen LogP contribution >= 0.6 is 0 Å². The molecule has 7 aromatic rings. The molecule has 2 heterocycles. The van der Waals surface area contributed by atoms with Crippen LogP contribution in [0.4, 0.5) is 5.69 Å². The highest BCUT2D eigenvalue weighted by Gasteiger charge is 2.20. The molecule has 0 radical (unpaired) electrons. The largest absolute Gasteiger partial charge is 0.319 e. The number of hydrogen-bond donors (Lipinski definition) is 0. The molecule has 0 unspecified atom stereocenters. The number of nitriles is 1. The Morgan fingerprint density at radius 3 is 1.47 bits per heavy atom. The van der Waals surface area contributed by atoms with Gasteiger partial charge in [0.05, 0.1) is 62.6 Å². The third kappa shape index (κ3) is 2.67. The first kappa shape index (κ1) is 13.5. The first-order valence-electron chi connectivity index (χ1n) is 15.0. The van der Waals surface area contributed by atoms with E-state index in [0.29, 0.717) is 43.6 Å². The summed E-state index contributed by atoms with van der Waals surface area (Å²) >= 11 is 0. The molecule has 0 spiro atoms. The van der Waals surface area contributed by atoms with E-state index in [1.165, 1.54) is 54.6 Å². The third-order valence-corrected chi connectivity index (χ3v) is 6.38. The molecule has 36 heavy (non-hydrogen) atoms. The van der Waals surface area contributed by atoms with Gasteiger partial charge < -0.3 is 9.13 Å². The smallest absolute Gasteiger partial charge is 0.212 e. The van der Waals surface area contributed by atoms with Gasteiger partial charge in [0.1, 0.15) is 0 Å². The van der Waals surface area contributed by atoms with Gasteiger partial charge in [-0.05, 0) is 36.4 Å². The molecular formula is C32H18N4. The second kappa shape index (κ2) is 7.60. The standard InChI is InChI=1S/C32H18N4/c1-34-26-18-21(20-33)31(35-27-14-6-2-10-22(27)23-11-3-7-15-28(23)35)19-32(26)36-29-16-8-4-12-24(29)25-13-5-9-17-30(25)36/h2-19H/i6D,7D,8D,9D,10D,11D,12D,13D. The van der Waals surface area contributed by atoms with E-state index >= 15 is 0 Å². The highest BCUT2D eigenvalue weighted by Crippen LogP contribution is 2.39. The van der Waals surface area contributed by atoms with E-state index in [-0.39, 0.29) is 71.0 Å². The van der Waals surface area contributed by atoms with Crippen molar-refractivity contribution in [1.29, 1.82) is 5.26 Å². The molecule has 4 heteroatoms. The maximum absolute atomic E-state index is 10.3. The molecule has 0 amide bonds. The lowest BCUT2D eigenvalue weighted by molar-refractivity contribution is 1.13. The van der Waals surface area contributed by atoms with Crippen LogP contribution in [0.2, 0.25) is 0 Å². The highest BCUT2D eigenvalue weighted by molar-refractivity contribution is 6.11. The molecule has 0 saturated carbocycles. The maximum Gasteiger partial charge on any atom is 0.212 e. The molecule has 0 bridgehead atoms. The van der Waals surface area contributed by atoms with Crippen LogP contribution in [0.1, 0.15) is 16.5 Å². The number of para-hydroxylation sites is 4. The van der Waals surface area contributed by atoms with Crippen molar-refractivity contribution in [2.75, 3.05) is 0 Å². The topological polar surface area (TPSA) is 38.0 Å². The lowest BCUT2D eigenvalue weighted by Crippen LogP contribution is -2.02. The lowest BCUT2D eigenvalue weighted by atomic mass is 10.1. The number of rotatable bonds is 2. The minimum Gasteiger partial charge on any atom is -0.319 e. The molecule has 0 atom stereocenters. The quantitative estimate of drug-likeness (QED) is 0.236. The maximum atomic E-state index is 10.3. The van der Waals surface area contributed by atoms with Crippen molar-refractivity contribution in [3.63, 3.8) is 0 Å². The van der Waals surface area contributed by atoms with Crippen molar-refractivity contribution < 1.29 is 11.0 Å². The van der Waals surface area contributed by atoms with Crippen molar-refractivity contribution in [3.05, 3.63) is 126 Å². The van der Waals surface area contributed by atoms with Crippen LogP contribution in [0.25, 0.3) is 59.8 Å². The number of benzene rings is 5. The summed E-state index contributed by atoms with van der Waals surface area (Å²) in [6, 6.07) is 16.9. The van der Waals surface area contributed by atoms with E-state index in [0.717, 1.165) is 0 Å². The van der Waals surface area contributed by atoms with Crippen LogP contribution in [0.3, 0.4) is 0 Å². The molecule has 5 aromatic carbocycles. The number of nitrogens with zero attached hydrogens (tertiary/aromatic N) is 4. The molecule has 0 fully saturated rings. The summed E-state index contributed by atoms with van der Waals surface area (Å²) in [6.07, 6.45) is 0. The van der Waals surface area contributed by atoms with Gasteiger partial charge in [-0.1, -0.05) is 72.6 Å². The van der Waals surface area contributed by atoms with E-state index < -0.39 is 0 Å². The minimum atomic E-state index is 0.0123. The summed E-state index contributed by atoms with van der Waals surface area (Å²) in [5, 5.41) is 11.8. The van der Waals surface area contributed by atoms with Gasteiger partial charge in [0.2, 0.25) is 5.69 Å². The van der Waals surface area contributed by atoms with Crippen LogP contribution in [-0.2, 0) is 0 Å². The SMILES string of the molecule is [2H]c1cc([2H])c2c3c([2H])cc([2H])cc3n(-c3cc(-n4c5cc([2H])cc([2H])c5c5c([2H])cc([2H])cc54)c([N+]#[C-])cc3C#N)c2c1. The second-order valence-corrected chi connectivity index (χ2v) is 8.19. The van der Waals surface area contributed by atoms with Crippen molar-refractivity contribution in [1.82, 2.24) is 9.13 Å². The van der Waals surface area contributed by atoms with Crippen molar-refractivity contribution >= 4 is 49.3 Å². The average molecular weight is 467 g/mol.